The summed E-state index contributed by atoms with van der Waals surface area (Å²) in [4.78, 5) is 16.6. The van der Waals surface area contributed by atoms with E-state index in [1.807, 2.05) is 37.3 Å². The highest BCUT2D eigenvalue weighted by molar-refractivity contribution is 5.95. The van der Waals surface area contributed by atoms with Crippen LogP contribution in [0.3, 0.4) is 0 Å². The van der Waals surface area contributed by atoms with Crippen molar-refractivity contribution in [2.24, 2.45) is 11.3 Å². The van der Waals surface area contributed by atoms with E-state index < -0.39 is 0 Å². The van der Waals surface area contributed by atoms with Crippen molar-refractivity contribution in [2.45, 2.75) is 26.2 Å². The molecule has 0 bridgehead atoms. The van der Waals surface area contributed by atoms with E-state index in [2.05, 4.69) is 15.6 Å². The SMILES string of the molecule is Cc1cc(NC(=O)C2CC23CCNCC3)ccc1Oc1cccnc1.Cl.Cl. The zero-order chi connectivity index (χ0) is 17.3. The zero-order valence-corrected chi connectivity index (χ0v) is 16.9. The lowest BCUT2D eigenvalue weighted by atomic mass is 9.92. The highest BCUT2D eigenvalue weighted by Gasteiger charge is 2.57. The Kier molecular flexibility index (Phi) is 7.09. The molecule has 2 aromatic rings. The smallest absolute Gasteiger partial charge is 0.228 e. The van der Waals surface area contributed by atoms with Crippen molar-refractivity contribution in [1.29, 1.82) is 0 Å². The van der Waals surface area contributed by atoms with Crippen molar-refractivity contribution in [2.75, 3.05) is 18.4 Å². The molecule has 1 aliphatic carbocycles. The number of ether oxygens (including phenoxy) is 1. The Morgan fingerprint density at radius 3 is 2.70 bits per heavy atom. The van der Waals surface area contributed by atoms with Gasteiger partial charge >= 0.3 is 0 Å². The molecule has 1 spiro atoms. The van der Waals surface area contributed by atoms with Gasteiger partial charge < -0.3 is 15.4 Å². The molecular formula is C20H25Cl2N3O2. The average molecular weight is 410 g/mol. The maximum atomic E-state index is 12.6. The third-order valence-electron chi connectivity index (χ3n) is 5.41. The third kappa shape index (κ3) is 4.72. The first-order valence-corrected chi connectivity index (χ1v) is 8.86. The Morgan fingerprint density at radius 1 is 1.26 bits per heavy atom. The Labute approximate surface area is 172 Å². The lowest BCUT2D eigenvalue weighted by Gasteiger charge is -2.23. The van der Waals surface area contributed by atoms with Gasteiger partial charge in [-0.25, -0.2) is 0 Å². The van der Waals surface area contributed by atoms with Gasteiger partial charge in [0, 0.05) is 17.8 Å². The van der Waals surface area contributed by atoms with Crippen LogP contribution < -0.4 is 15.4 Å². The molecule has 1 atom stereocenters. The van der Waals surface area contributed by atoms with Crippen molar-refractivity contribution in [3.05, 3.63) is 48.3 Å². The molecule has 2 fully saturated rings. The number of hydrogen-bond donors (Lipinski definition) is 2. The predicted octanol–water partition coefficient (Wildman–Crippen LogP) is 4.35. The van der Waals surface area contributed by atoms with E-state index in [0.29, 0.717) is 5.75 Å². The van der Waals surface area contributed by atoms with E-state index in [0.717, 1.165) is 49.4 Å². The van der Waals surface area contributed by atoms with Gasteiger partial charge in [0.2, 0.25) is 5.91 Å². The van der Waals surface area contributed by atoms with E-state index >= 15 is 0 Å². The third-order valence-corrected chi connectivity index (χ3v) is 5.41. The number of carbonyl (C=O) groups is 1. The summed E-state index contributed by atoms with van der Waals surface area (Å²) >= 11 is 0. The highest BCUT2D eigenvalue weighted by atomic mass is 35.5. The quantitative estimate of drug-likeness (QED) is 0.787. The minimum atomic E-state index is 0. The van der Waals surface area contributed by atoms with E-state index in [9.17, 15) is 4.79 Å². The van der Waals surface area contributed by atoms with Gasteiger partial charge in [0.1, 0.15) is 11.5 Å². The van der Waals surface area contributed by atoms with Gasteiger partial charge in [0.05, 0.1) is 6.20 Å². The van der Waals surface area contributed by atoms with Crippen LogP contribution in [0.15, 0.2) is 42.7 Å². The summed E-state index contributed by atoms with van der Waals surface area (Å²) in [5, 5.41) is 6.45. The number of nitrogens with one attached hydrogen (secondary N) is 2. The Hall–Kier alpha value is -1.82. The number of aryl methyl sites for hydroxylation is 1. The summed E-state index contributed by atoms with van der Waals surface area (Å²) in [7, 11) is 0. The van der Waals surface area contributed by atoms with Crippen LogP contribution in [-0.4, -0.2) is 24.0 Å². The molecule has 1 unspecified atom stereocenters. The average Bonchev–Trinajstić information content (AvgIpc) is 3.32. The van der Waals surface area contributed by atoms with Crippen LogP contribution in [0.2, 0.25) is 0 Å². The summed E-state index contributed by atoms with van der Waals surface area (Å²) in [5.41, 5.74) is 2.07. The molecule has 0 radical (unpaired) electrons. The fourth-order valence-electron chi connectivity index (χ4n) is 3.80. The number of piperidine rings is 1. The van der Waals surface area contributed by atoms with E-state index in [1.54, 1.807) is 12.4 Å². The van der Waals surface area contributed by atoms with Crippen LogP contribution in [0.25, 0.3) is 0 Å². The lowest BCUT2D eigenvalue weighted by molar-refractivity contribution is -0.118. The molecule has 1 aromatic carbocycles. The van der Waals surface area contributed by atoms with Gasteiger partial charge in [0.15, 0.2) is 0 Å². The van der Waals surface area contributed by atoms with Gasteiger partial charge in [-0.1, -0.05) is 0 Å². The van der Waals surface area contributed by atoms with Crippen LogP contribution in [0.1, 0.15) is 24.8 Å². The molecule has 27 heavy (non-hydrogen) atoms. The van der Waals surface area contributed by atoms with Crippen molar-refractivity contribution >= 4 is 36.4 Å². The van der Waals surface area contributed by atoms with Gasteiger partial charge in [-0.05, 0) is 80.6 Å². The summed E-state index contributed by atoms with van der Waals surface area (Å²) in [6.07, 6.45) is 6.65. The molecule has 146 valence electrons. The van der Waals surface area contributed by atoms with Crippen LogP contribution in [0.4, 0.5) is 5.69 Å². The predicted molar refractivity (Wildman–Crippen MR) is 111 cm³/mol. The maximum Gasteiger partial charge on any atom is 0.228 e. The fraction of sp³-hybridized carbons (Fsp3) is 0.400. The normalized spacial score (nSPS) is 19.4. The first-order valence-electron chi connectivity index (χ1n) is 8.86. The molecule has 2 heterocycles. The molecule has 2 N–H and O–H groups in total. The van der Waals surface area contributed by atoms with Crippen LogP contribution in [-0.2, 0) is 4.79 Å². The first-order chi connectivity index (χ1) is 12.2. The topological polar surface area (TPSA) is 63.2 Å². The number of amides is 1. The summed E-state index contributed by atoms with van der Waals surface area (Å²) < 4.78 is 5.84. The number of halogens is 2. The van der Waals surface area contributed by atoms with Crippen LogP contribution >= 0.6 is 24.8 Å². The van der Waals surface area contributed by atoms with Crippen molar-refractivity contribution in [3.8, 4) is 11.5 Å². The van der Waals surface area contributed by atoms with Crippen molar-refractivity contribution in [1.82, 2.24) is 10.3 Å². The van der Waals surface area contributed by atoms with Gasteiger partial charge in [-0.3, -0.25) is 9.78 Å². The van der Waals surface area contributed by atoms with E-state index in [1.165, 1.54) is 0 Å². The number of anilines is 1. The molecule has 5 nitrogen and oxygen atoms in total. The van der Waals surface area contributed by atoms with E-state index in [4.69, 9.17) is 4.74 Å². The Morgan fingerprint density at radius 2 is 2.04 bits per heavy atom. The molecule has 2 aliphatic rings. The summed E-state index contributed by atoms with van der Waals surface area (Å²) in [6.45, 7) is 4.04. The highest BCUT2D eigenvalue weighted by Crippen LogP contribution is 2.58. The van der Waals surface area contributed by atoms with Crippen LogP contribution in [0.5, 0.6) is 11.5 Å². The van der Waals surface area contributed by atoms with Crippen molar-refractivity contribution in [3.63, 3.8) is 0 Å². The van der Waals surface area contributed by atoms with E-state index in [-0.39, 0.29) is 42.1 Å². The molecule has 4 rings (SSSR count). The number of hydrogen-bond acceptors (Lipinski definition) is 4. The van der Waals surface area contributed by atoms with Gasteiger partial charge in [-0.2, -0.15) is 0 Å². The number of pyridine rings is 1. The number of rotatable bonds is 4. The number of nitrogens with zero attached hydrogens (tertiary/aromatic N) is 1. The summed E-state index contributed by atoms with van der Waals surface area (Å²) in [6, 6.07) is 9.46. The molecule has 1 aliphatic heterocycles. The molecule has 1 aromatic heterocycles. The minimum Gasteiger partial charge on any atom is -0.455 e. The zero-order valence-electron chi connectivity index (χ0n) is 15.2. The molecule has 1 saturated heterocycles. The molecule has 1 amide bonds. The Balaban J connectivity index is 0.00000131. The monoisotopic (exact) mass is 409 g/mol. The van der Waals surface area contributed by atoms with Gasteiger partial charge in [0.25, 0.3) is 0 Å². The van der Waals surface area contributed by atoms with Crippen molar-refractivity contribution < 1.29 is 9.53 Å². The molecule has 7 heteroatoms. The summed E-state index contributed by atoms with van der Waals surface area (Å²) in [5.74, 6) is 1.80. The van der Waals surface area contributed by atoms with Gasteiger partial charge in [-0.15, -0.1) is 24.8 Å². The number of benzene rings is 1. The molecule has 1 saturated carbocycles. The second kappa shape index (κ2) is 8.91. The lowest BCUT2D eigenvalue weighted by Crippen LogP contribution is -2.31. The second-order valence-corrected chi connectivity index (χ2v) is 7.13. The Bertz CT molecular complexity index is 780. The number of carbonyl (C=O) groups excluding carboxylic acids is 1. The second-order valence-electron chi connectivity index (χ2n) is 7.13. The first kappa shape index (κ1) is 21.5. The molecular weight excluding hydrogens is 385 g/mol. The largest absolute Gasteiger partial charge is 0.455 e. The maximum absolute atomic E-state index is 12.6. The fourth-order valence-corrected chi connectivity index (χ4v) is 3.80. The number of aromatic nitrogens is 1. The van der Waals surface area contributed by atoms with Crippen LogP contribution in [0, 0.1) is 18.3 Å². The minimum absolute atomic E-state index is 0. The standard InChI is InChI=1S/C20H23N3O2.2ClH/c1-14-11-15(4-5-18(14)25-16-3-2-8-22-13-16)23-19(24)17-12-20(17)6-9-21-10-7-20;;/h2-5,8,11,13,17,21H,6-7,9-10,12H2,1H3,(H,23,24);2*1H.